The van der Waals surface area contributed by atoms with Gasteiger partial charge in [-0.15, -0.1) is 0 Å². The third-order valence-electron chi connectivity index (χ3n) is 10.2. The molecule has 8 bridgehead atoms. The van der Waals surface area contributed by atoms with Gasteiger partial charge in [-0.25, -0.2) is 0 Å². The number of nitrogens with one attached hydrogen (secondary N) is 2. The Kier molecular flexibility index (Phi) is 12.7. The molecule has 0 saturated carbocycles. The molecule has 4 N–H and O–H groups in total. The summed E-state index contributed by atoms with van der Waals surface area (Å²) in [5.74, 6) is 1.74. The van der Waals surface area contributed by atoms with E-state index in [0.29, 0.717) is 96.8 Å². The van der Waals surface area contributed by atoms with Crippen molar-refractivity contribution < 1.29 is 29.3 Å². The largest absolute Gasteiger partial charge is 0.507 e. The molecule has 1 aliphatic carbocycles. The zero-order chi connectivity index (χ0) is 39.2. The van der Waals surface area contributed by atoms with E-state index >= 15 is 0 Å². The molecule has 0 aliphatic heterocycles. The zero-order valence-electron chi connectivity index (χ0n) is 33.4. The summed E-state index contributed by atoms with van der Waals surface area (Å²) in [6, 6.07) is 15.9. The van der Waals surface area contributed by atoms with Gasteiger partial charge in [-0.1, -0.05) is 92.5 Å². The van der Waals surface area contributed by atoms with Crippen molar-refractivity contribution in [3.8, 4) is 23.0 Å². The highest BCUT2D eigenvalue weighted by Gasteiger charge is 2.26. The highest BCUT2D eigenvalue weighted by Crippen LogP contribution is 2.43. The topological polar surface area (TPSA) is 117 Å². The Labute approximate surface area is 321 Å². The number of ether oxygens (including phenoxy) is 2. The minimum atomic E-state index is -0.226. The van der Waals surface area contributed by atoms with Crippen molar-refractivity contribution in [3.63, 3.8) is 0 Å². The number of phenols is 2. The van der Waals surface area contributed by atoms with Crippen molar-refractivity contribution in [2.75, 3.05) is 23.8 Å². The summed E-state index contributed by atoms with van der Waals surface area (Å²) in [6.07, 6.45) is 6.30. The number of phenolic OH excluding ortho intramolecular Hbond substituents is 2. The molecular formula is C46H58N2O6. The Balaban J connectivity index is 1.89. The van der Waals surface area contributed by atoms with E-state index in [-0.39, 0.29) is 22.3 Å². The van der Waals surface area contributed by atoms with Crippen LogP contribution in [0.3, 0.4) is 0 Å². The van der Waals surface area contributed by atoms with Crippen LogP contribution >= 0.6 is 0 Å². The minimum Gasteiger partial charge on any atom is -0.507 e. The number of hydrogen-bond acceptors (Lipinski definition) is 6. The van der Waals surface area contributed by atoms with E-state index in [9.17, 15) is 19.8 Å². The molecule has 2 amide bonds. The van der Waals surface area contributed by atoms with Gasteiger partial charge in [0.15, 0.2) is 0 Å². The van der Waals surface area contributed by atoms with Crippen LogP contribution in [0.5, 0.6) is 23.0 Å². The molecule has 0 spiro atoms. The first kappa shape index (κ1) is 40.2. The number of rotatable bonds is 12. The smallest absolute Gasteiger partial charge is 0.211 e. The molecule has 0 saturated heterocycles. The molecular weight excluding hydrogens is 677 g/mol. The monoisotopic (exact) mass is 734 g/mol. The molecule has 0 heterocycles. The lowest BCUT2D eigenvalue weighted by Crippen LogP contribution is -2.15. The number of amides is 2. The summed E-state index contributed by atoms with van der Waals surface area (Å²) in [7, 11) is 0. The first-order valence-electron chi connectivity index (χ1n) is 19.3. The second-order valence-corrected chi connectivity index (χ2v) is 16.7. The summed E-state index contributed by atoms with van der Waals surface area (Å²) < 4.78 is 13.2. The maximum absolute atomic E-state index is 12.1. The van der Waals surface area contributed by atoms with Gasteiger partial charge in [0.05, 0.1) is 13.2 Å². The molecule has 54 heavy (non-hydrogen) atoms. The lowest BCUT2D eigenvalue weighted by atomic mass is 9.81. The van der Waals surface area contributed by atoms with Crippen LogP contribution in [0.1, 0.15) is 137 Å². The molecule has 5 rings (SSSR count). The van der Waals surface area contributed by atoms with E-state index in [1.54, 1.807) is 0 Å². The number of hydrogen-bond donors (Lipinski definition) is 4. The summed E-state index contributed by atoms with van der Waals surface area (Å²) in [5, 5.41) is 30.0. The van der Waals surface area contributed by atoms with Gasteiger partial charge < -0.3 is 30.3 Å². The van der Waals surface area contributed by atoms with Crippen LogP contribution in [0.25, 0.3) is 0 Å². The number of carbonyl (C=O) groups excluding carboxylic acids is 2. The quantitative estimate of drug-likeness (QED) is 0.0576. The first-order chi connectivity index (χ1) is 25.7. The average molecular weight is 735 g/mol. The van der Waals surface area contributed by atoms with Gasteiger partial charge in [0.1, 0.15) is 23.0 Å². The zero-order valence-corrected chi connectivity index (χ0v) is 33.4. The third-order valence-corrected chi connectivity index (χ3v) is 10.2. The Hall–Kier alpha value is -4.98. The summed E-state index contributed by atoms with van der Waals surface area (Å²) in [4.78, 5) is 23.7. The molecule has 4 aromatic rings. The lowest BCUT2D eigenvalue weighted by Gasteiger charge is -2.26. The van der Waals surface area contributed by atoms with Crippen molar-refractivity contribution in [2.45, 2.75) is 118 Å². The van der Waals surface area contributed by atoms with Crippen LogP contribution in [-0.4, -0.2) is 36.2 Å². The van der Waals surface area contributed by atoms with Gasteiger partial charge in [0.2, 0.25) is 12.8 Å². The van der Waals surface area contributed by atoms with E-state index in [2.05, 4.69) is 90.3 Å². The van der Waals surface area contributed by atoms with Crippen molar-refractivity contribution >= 4 is 24.2 Å². The van der Waals surface area contributed by atoms with E-state index in [1.165, 1.54) is 0 Å². The minimum absolute atomic E-state index is 0.162. The van der Waals surface area contributed by atoms with Gasteiger partial charge in [0.25, 0.3) is 0 Å². The molecule has 0 radical (unpaired) electrons. The molecule has 4 aromatic carbocycles. The van der Waals surface area contributed by atoms with Crippen molar-refractivity contribution in [1.82, 2.24) is 0 Å². The van der Waals surface area contributed by atoms with Crippen LogP contribution in [0.4, 0.5) is 11.4 Å². The fraction of sp³-hybridized carbons (Fsp3) is 0.435. The lowest BCUT2D eigenvalue weighted by molar-refractivity contribution is -0.106. The molecule has 0 fully saturated rings. The molecule has 288 valence electrons. The van der Waals surface area contributed by atoms with Crippen LogP contribution in [0.2, 0.25) is 0 Å². The second kappa shape index (κ2) is 17.0. The highest BCUT2D eigenvalue weighted by atomic mass is 16.5. The third kappa shape index (κ3) is 9.38. The van der Waals surface area contributed by atoms with Crippen molar-refractivity contribution in [2.24, 2.45) is 0 Å². The molecule has 0 unspecified atom stereocenters. The highest BCUT2D eigenvalue weighted by molar-refractivity contribution is 5.75. The number of unbranched alkanes of at least 4 members (excludes halogenated alkanes) is 2. The molecule has 1 aliphatic rings. The predicted octanol–water partition coefficient (Wildman–Crippen LogP) is 9.86. The standard InChI is InChI=1S/C46H58N2O6/c1-9-11-13-53-43-33-15-29-23-39(47-27-49)25-31(41(29)51)17-35-21-38(46(6,7)8)22-36(44(35)54-14-12-10-2)18-32-26-40(48-28-50)24-30(42(32)52)16-34(43)20-37(19-33)45(3,4)5/h19-28,51-52H,9-18H2,1-8H3,(H,47,49)(H,48,50). The predicted molar refractivity (Wildman–Crippen MR) is 218 cm³/mol. The Morgan fingerprint density at radius 2 is 0.833 bits per heavy atom. The summed E-state index contributed by atoms with van der Waals surface area (Å²) in [6.45, 7) is 18.2. The number of aromatic hydroxyl groups is 2. The van der Waals surface area contributed by atoms with Crippen LogP contribution in [0, 0.1) is 0 Å². The van der Waals surface area contributed by atoms with Gasteiger partial charge in [0, 0.05) is 59.3 Å². The Morgan fingerprint density at radius 3 is 1.07 bits per heavy atom. The van der Waals surface area contributed by atoms with E-state index in [1.807, 2.05) is 24.3 Å². The first-order valence-corrected chi connectivity index (χ1v) is 19.3. The SMILES string of the molecule is CCCCOc1c2cc(C(C)(C)C)cc1Cc1cc(NC=O)cc(c1O)Cc1cc(C(C)(C)C)cc(c1OCCCC)Cc1cc(NC=O)cc(c1O)C2. The van der Waals surface area contributed by atoms with Gasteiger partial charge in [-0.2, -0.15) is 0 Å². The molecule has 8 heteroatoms. The van der Waals surface area contributed by atoms with Crippen LogP contribution in [-0.2, 0) is 46.1 Å². The molecule has 0 aromatic heterocycles. The van der Waals surface area contributed by atoms with Crippen molar-refractivity contribution in [3.05, 3.63) is 104 Å². The summed E-state index contributed by atoms with van der Waals surface area (Å²) in [5.41, 5.74) is 9.10. The van der Waals surface area contributed by atoms with Gasteiger partial charge in [-0.05, 0) is 81.3 Å². The molecule has 8 nitrogen and oxygen atoms in total. The fourth-order valence-electron chi connectivity index (χ4n) is 7.09. The number of anilines is 2. The summed E-state index contributed by atoms with van der Waals surface area (Å²) >= 11 is 0. The number of benzene rings is 4. The van der Waals surface area contributed by atoms with Gasteiger partial charge in [-0.3, -0.25) is 9.59 Å². The van der Waals surface area contributed by atoms with E-state index in [4.69, 9.17) is 9.47 Å². The van der Waals surface area contributed by atoms with Gasteiger partial charge >= 0.3 is 0 Å². The molecule has 0 atom stereocenters. The fourth-order valence-corrected chi connectivity index (χ4v) is 7.09. The Morgan fingerprint density at radius 1 is 0.537 bits per heavy atom. The van der Waals surface area contributed by atoms with Crippen LogP contribution in [0.15, 0.2) is 48.5 Å². The van der Waals surface area contributed by atoms with E-state index < -0.39 is 0 Å². The second-order valence-electron chi connectivity index (χ2n) is 16.7. The maximum atomic E-state index is 12.1. The van der Waals surface area contributed by atoms with Crippen molar-refractivity contribution in [1.29, 1.82) is 0 Å². The number of fused-ring (bicyclic) bond motifs is 8. The maximum Gasteiger partial charge on any atom is 0.211 e. The van der Waals surface area contributed by atoms with Crippen LogP contribution < -0.4 is 20.1 Å². The normalized spacial score (nSPS) is 12.9. The van der Waals surface area contributed by atoms with E-state index in [0.717, 1.165) is 59.1 Å². The average Bonchev–Trinajstić information content (AvgIpc) is 3.09. The Bertz CT molecular complexity index is 1750. The number of carbonyl (C=O) groups is 2.